The number of unbranched alkanes of at least 4 members (excludes halogenated alkanes) is 2. The molecule has 0 aliphatic heterocycles. The molecule has 0 aliphatic rings. The van der Waals surface area contributed by atoms with Crippen LogP contribution in [0.4, 0.5) is 0 Å². The van der Waals surface area contributed by atoms with Gasteiger partial charge in [-0.3, -0.25) is 0 Å². The summed E-state index contributed by atoms with van der Waals surface area (Å²) in [5.74, 6) is 0.931. The van der Waals surface area contributed by atoms with Crippen molar-refractivity contribution in [1.82, 2.24) is 0 Å². The van der Waals surface area contributed by atoms with Crippen molar-refractivity contribution in [1.29, 1.82) is 0 Å². The van der Waals surface area contributed by atoms with Gasteiger partial charge in [-0.1, -0.05) is 23.2 Å². The number of halogens is 2. The topological polar surface area (TPSA) is 18.5 Å². The molecule has 0 heterocycles. The average molecular weight is 335 g/mol. The van der Waals surface area contributed by atoms with Crippen LogP contribution < -0.4 is 4.74 Å². The Kier molecular flexibility index (Phi) is 10.0. The van der Waals surface area contributed by atoms with Gasteiger partial charge < -0.3 is 9.47 Å². The van der Waals surface area contributed by atoms with Gasteiger partial charge >= 0.3 is 0 Å². The van der Waals surface area contributed by atoms with E-state index in [2.05, 4.69) is 18.4 Å². The van der Waals surface area contributed by atoms with E-state index in [1.807, 2.05) is 12.1 Å². The normalized spacial score (nSPS) is 10.3. The second-order valence-electron chi connectivity index (χ2n) is 4.15. The Morgan fingerprint density at radius 3 is 2.45 bits per heavy atom. The zero-order chi connectivity index (χ0) is 14.6. The maximum atomic E-state index is 5.67. The van der Waals surface area contributed by atoms with Gasteiger partial charge in [0, 0.05) is 11.5 Å². The Bertz CT molecular complexity index is 389. The van der Waals surface area contributed by atoms with Gasteiger partial charge in [-0.05, 0) is 55.9 Å². The number of ether oxygens (including phenoxy) is 2. The van der Waals surface area contributed by atoms with Crippen LogP contribution in [0.1, 0.15) is 19.3 Å². The molecule has 0 aliphatic carbocycles. The summed E-state index contributed by atoms with van der Waals surface area (Å²) in [6.07, 6.45) is 6.84. The highest BCUT2D eigenvalue weighted by molar-refractivity contribution is 7.98. The molecule has 5 heteroatoms. The molecule has 112 valence electrons. The maximum Gasteiger partial charge on any atom is 0.119 e. The van der Waals surface area contributed by atoms with Crippen LogP contribution in [0.2, 0.25) is 0 Å². The minimum absolute atomic E-state index is 0.255. The van der Waals surface area contributed by atoms with Crippen LogP contribution in [0, 0.1) is 0 Å². The largest absolute Gasteiger partial charge is 0.494 e. The summed E-state index contributed by atoms with van der Waals surface area (Å²) in [5, 5.41) is 0. The molecular formula is C15H20Cl2O2S. The van der Waals surface area contributed by atoms with E-state index in [1.54, 1.807) is 17.8 Å². The van der Waals surface area contributed by atoms with Crippen LogP contribution in [0.5, 0.6) is 5.75 Å². The lowest BCUT2D eigenvalue weighted by Crippen LogP contribution is -1.99. The zero-order valence-corrected chi connectivity index (χ0v) is 13.9. The van der Waals surface area contributed by atoms with E-state index < -0.39 is 0 Å². The minimum atomic E-state index is 0.255. The molecule has 0 spiro atoms. The maximum absolute atomic E-state index is 5.67. The van der Waals surface area contributed by atoms with Crippen LogP contribution in [0.3, 0.4) is 0 Å². The second kappa shape index (κ2) is 11.3. The third kappa shape index (κ3) is 8.75. The van der Waals surface area contributed by atoms with Crippen LogP contribution in [-0.2, 0) is 4.74 Å². The molecule has 1 rings (SSSR count). The standard InChI is InChI=1S/C15H20Cl2O2S/c1-20-14-7-5-13(6-8-14)19-11-4-2-3-10-18-12-9-15(16)17/h5-9H,2-4,10-12H2,1H3. The first kappa shape index (κ1) is 17.7. The number of benzene rings is 1. The third-order valence-corrected chi connectivity index (χ3v) is 3.67. The van der Waals surface area contributed by atoms with Crippen LogP contribution in [-0.4, -0.2) is 26.1 Å². The molecule has 0 saturated heterocycles. The van der Waals surface area contributed by atoms with E-state index in [4.69, 9.17) is 32.7 Å². The molecule has 20 heavy (non-hydrogen) atoms. The predicted molar refractivity (Wildman–Crippen MR) is 88.2 cm³/mol. The Morgan fingerprint density at radius 2 is 1.80 bits per heavy atom. The van der Waals surface area contributed by atoms with Gasteiger partial charge in [0.2, 0.25) is 0 Å². The molecule has 0 radical (unpaired) electrons. The van der Waals surface area contributed by atoms with Crippen molar-refractivity contribution in [3.63, 3.8) is 0 Å². The number of rotatable bonds is 10. The van der Waals surface area contributed by atoms with E-state index in [-0.39, 0.29) is 4.49 Å². The fraction of sp³-hybridized carbons (Fsp3) is 0.467. The van der Waals surface area contributed by atoms with E-state index in [9.17, 15) is 0 Å². The SMILES string of the molecule is CSc1ccc(OCCCCCOCC=C(Cl)Cl)cc1. The summed E-state index contributed by atoms with van der Waals surface area (Å²) in [6.45, 7) is 1.94. The zero-order valence-electron chi connectivity index (χ0n) is 11.6. The Hall–Kier alpha value is -0.350. The van der Waals surface area contributed by atoms with Gasteiger partial charge in [0.1, 0.15) is 10.2 Å². The molecule has 1 aromatic rings. The van der Waals surface area contributed by atoms with Gasteiger partial charge in [0.05, 0.1) is 13.2 Å². The lowest BCUT2D eigenvalue weighted by atomic mass is 10.2. The molecule has 0 aromatic heterocycles. The summed E-state index contributed by atoms with van der Waals surface area (Å²) in [5.41, 5.74) is 0. The number of hydrogen-bond acceptors (Lipinski definition) is 3. The van der Waals surface area contributed by atoms with E-state index in [0.717, 1.165) is 38.2 Å². The number of hydrogen-bond donors (Lipinski definition) is 0. The van der Waals surface area contributed by atoms with Gasteiger partial charge in [0.25, 0.3) is 0 Å². The molecule has 0 fully saturated rings. The molecule has 2 nitrogen and oxygen atoms in total. The van der Waals surface area contributed by atoms with Crippen molar-refractivity contribution in [2.45, 2.75) is 24.2 Å². The molecule has 1 aromatic carbocycles. The average Bonchev–Trinajstić information content (AvgIpc) is 2.46. The second-order valence-corrected chi connectivity index (χ2v) is 6.04. The van der Waals surface area contributed by atoms with Crippen molar-refractivity contribution in [2.24, 2.45) is 0 Å². The predicted octanol–water partition coefficient (Wildman–Crippen LogP) is 5.29. The van der Waals surface area contributed by atoms with Gasteiger partial charge in [-0.15, -0.1) is 11.8 Å². The first-order chi connectivity index (χ1) is 9.72. The van der Waals surface area contributed by atoms with Crippen molar-refractivity contribution in [2.75, 3.05) is 26.1 Å². The lowest BCUT2D eigenvalue weighted by molar-refractivity contribution is 0.155. The van der Waals surface area contributed by atoms with Crippen molar-refractivity contribution in [3.8, 4) is 5.75 Å². The highest BCUT2D eigenvalue weighted by Gasteiger charge is 1.95. The summed E-state index contributed by atoms with van der Waals surface area (Å²) in [6, 6.07) is 8.17. The van der Waals surface area contributed by atoms with Gasteiger partial charge in [-0.25, -0.2) is 0 Å². The highest BCUT2D eigenvalue weighted by atomic mass is 35.5. The molecule has 0 atom stereocenters. The smallest absolute Gasteiger partial charge is 0.119 e. The third-order valence-electron chi connectivity index (χ3n) is 2.62. The van der Waals surface area contributed by atoms with E-state index in [1.165, 1.54) is 4.90 Å². The molecule has 0 unspecified atom stereocenters. The molecular weight excluding hydrogens is 315 g/mol. The number of thioether (sulfide) groups is 1. The monoisotopic (exact) mass is 334 g/mol. The summed E-state index contributed by atoms with van der Waals surface area (Å²) in [4.78, 5) is 1.25. The summed E-state index contributed by atoms with van der Waals surface area (Å²) in [7, 11) is 0. The summed E-state index contributed by atoms with van der Waals surface area (Å²) < 4.78 is 11.3. The van der Waals surface area contributed by atoms with Crippen LogP contribution >= 0.6 is 35.0 Å². The molecule has 0 saturated carbocycles. The van der Waals surface area contributed by atoms with Crippen LogP contribution in [0.25, 0.3) is 0 Å². The van der Waals surface area contributed by atoms with Gasteiger partial charge in [0.15, 0.2) is 0 Å². The molecule has 0 N–H and O–H groups in total. The van der Waals surface area contributed by atoms with E-state index >= 15 is 0 Å². The summed E-state index contributed by atoms with van der Waals surface area (Å²) >= 11 is 12.7. The Morgan fingerprint density at radius 1 is 1.10 bits per heavy atom. The lowest BCUT2D eigenvalue weighted by Gasteiger charge is -2.06. The first-order valence-corrected chi connectivity index (χ1v) is 8.56. The fourth-order valence-corrected chi connectivity index (χ4v) is 2.08. The Labute approximate surface area is 135 Å². The minimum Gasteiger partial charge on any atom is -0.494 e. The van der Waals surface area contributed by atoms with Crippen molar-refractivity contribution >= 4 is 35.0 Å². The van der Waals surface area contributed by atoms with E-state index in [0.29, 0.717) is 6.61 Å². The first-order valence-electron chi connectivity index (χ1n) is 6.58. The Balaban J connectivity index is 1.97. The molecule has 0 bridgehead atoms. The van der Waals surface area contributed by atoms with Gasteiger partial charge in [-0.2, -0.15) is 0 Å². The van der Waals surface area contributed by atoms with Crippen molar-refractivity contribution in [3.05, 3.63) is 34.8 Å². The quantitative estimate of drug-likeness (QED) is 0.427. The fourth-order valence-electron chi connectivity index (χ4n) is 1.55. The molecule has 0 amide bonds. The highest BCUT2D eigenvalue weighted by Crippen LogP contribution is 2.19. The van der Waals surface area contributed by atoms with Crippen LogP contribution in [0.15, 0.2) is 39.7 Å². The van der Waals surface area contributed by atoms with Crippen molar-refractivity contribution < 1.29 is 9.47 Å².